The lowest BCUT2D eigenvalue weighted by atomic mass is 10.1. The van der Waals surface area contributed by atoms with Gasteiger partial charge in [-0.05, 0) is 33.6 Å². The number of nitrogens with zero attached hydrogens (tertiary/aromatic N) is 1. The molecule has 0 amide bonds. The van der Waals surface area contributed by atoms with Crippen LogP contribution in [0.3, 0.4) is 0 Å². The van der Waals surface area contributed by atoms with Gasteiger partial charge in [0.1, 0.15) is 11.3 Å². The van der Waals surface area contributed by atoms with Crippen LogP contribution in [-0.2, 0) is 0 Å². The van der Waals surface area contributed by atoms with Gasteiger partial charge >= 0.3 is 0 Å². The lowest BCUT2D eigenvalue weighted by Crippen LogP contribution is -2.11. The largest absolute Gasteiger partial charge is 0.322 e. The Bertz CT molecular complexity index is 247. The van der Waals surface area contributed by atoms with E-state index in [9.17, 15) is 4.39 Å². The molecule has 2 N–H and O–H groups in total. The van der Waals surface area contributed by atoms with Gasteiger partial charge in [-0.15, -0.1) is 12.4 Å². The number of rotatable bonds is 2. The van der Waals surface area contributed by atoms with Crippen molar-refractivity contribution in [2.45, 2.75) is 6.04 Å². The van der Waals surface area contributed by atoms with Gasteiger partial charge in [-0.3, -0.25) is 0 Å². The second-order valence-corrected chi connectivity index (χ2v) is 2.99. The van der Waals surface area contributed by atoms with Crippen molar-refractivity contribution in [1.29, 1.82) is 0 Å². The van der Waals surface area contributed by atoms with E-state index in [-0.39, 0.29) is 12.4 Å². The average Bonchev–Trinajstić information content (AvgIpc) is 2.03. The summed E-state index contributed by atoms with van der Waals surface area (Å²) in [5.41, 5.74) is 6.20. The van der Waals surface area contributed by atoms with Gasteiger partial charge in [0.05, 0.1) is 6.04 Å². The fourth-order valence-corrected chi connectivity index (χ4v) is 1.12. The summed E-state index contributed by atoms with van der Waals surface area (Å²) in [5, 5.41) is 0. The Morgan fingerprint density at radius 2 is 2.33 bits per heavy atom. The molecule has 0 fully saturated rings. The predicted molar refractivity (Wildman–Crippen MR) is 52.1 cm³/mol. The van der Waals surface area contributed by atoms with Crippen LogP contribution in [0.1, 0.15) is 11.6 Å². The third-order valence-corrected chi connectivity index (χ3v) is 1.78. The Morgan fingerprint density at radius 1 is 1.67 bits per heavy atom. The van der Waals surface area contributed by atoms with Gasteiger partial charge in [0.2, 0.25) is 0 Å². The second kappa shape index (κ2) is 5.45. The van der Waals surface area contributed by atoms with Crippen LogP contribution in [0.2, 0.25) is 0 Å². The topological polar surface area (TPSA) is 38.9 Å². The highest BCUT2D eigenvalue weighted by Crippen LogP contribution is 2.14. The summed E-state index contributed by atoms with van der Waals surface area (Å²) < 4.78 is 12.7. The van der Waals surface area contributed by atoms with Crippen molar-refractivity contribution in [3.05, 3.63) is 28.5 Å². The number of halogens is 3. The second-order valence-electron chi connectivity index (χ2n) is 2.17. The van der Waals surface area contributed by atoms with Gasteiger partial charge < -0.3 is 5.73 Å². The molecular formula is C7H9BrClFN2. The molecule has 12 heavy (non-hydrogen) atoms. The van der Waals surface area contributed by atoms with E-state index in [1.165, 1.54) is 0 Å². The van der Waals surface area contributed by atoms with Crippen LogP contribution in [0.5, 0.6) is 0 Å². The summed E-state index contributed by atoms with van der Waals surface area (Å²) in [7, 11) is 0. The van der Waals surface area contributed by atoms with Gasteiger partial charge in [-0.25, -0.2) is 9.37 Å². The van der Waals surface area contributed by atoms with Crippen LogP contribution in [0.4, 0.5) is 4.39 Å². The van der Waals surface area contributed by atoms with Gasteiger partial charge in [0, 0.05) is 6.20 Å². The molecule has 1 aromatic rings. The first kappa shape index (κ1) is 11.8. The van der Waals surface area contributed by atoms with Crippen molar-refractivity contribution in [1.82, 2.24) is 4.98 Å². The zero-order chi connectivity index (χ0) is 8.27. The van der Waals surface area contributed by atoms with Crippen molar-refractivity contribution >= 4 is 28.3 Å². The molecule has 1 rings (SSSR count). The normalized spacial score (nSPS) is 11.9. The Kier molecular flexibility index (Phi) is 5.37. The third-order valence-electron chi connectivity index (χ3n) is 1.35. The first-order valence-corrected chi connectivity index (χ1v) is 3.96. The van der Waals surface area contributed by atoms with Gasteiger partial charge in [-0.2, -0.15) is 0 Å². The molecule has 68 valence electrons. The molecule has 0 saturated carbocycles. The summed E-state index contributed by atoms with van der Waals surface area (Å²) in [6, 6.07) is 2.88. The van der Waals surface area contributed by atoms with Crippen LogP contribution in [0, 0.1) is 0 Å². The molecule has 0 radical (unpaired) electrons. The maximum Gasteiger partial charge on any atom is 0.109 e. The average molecular weight is 256 g/mol. The van der Waals surface area contributed by atoms with E-state index in [2.05, 4.69) is 20.9 Å². The monoisotopic (exact) mass is 254 g/mol. The minimum absolute atomic E-state index is 0. The van der Waals surface area contributed by atoms with Gasteiger partial charge in [0.15, 0.2) is 0 Å². The molecule has 0 aliphatic carbocycles. The van der Waals surface area contributed by atoms with Crippen molar-refractivity contribution in [2.75, 3.05) is 6.67 Å². The number of nitrogens with two attached hydrogens (primary N) is 1. The molecule has 0 bridgehead atoms. The number of pyridine rings is 1. The van der Waals surface area contributed by atoms with Crippen molar-refractivity contribution in [3.63, 3.8) is 0 Å². The summed E-state index contributed by atoms with van der Waals surface area (Å²) in [5.74, 6) is 0. The maximum atomic E-state index is 12.0. The quantitative estimate of drug-likeness (QED) is 0.823. The number of hydrogen-bond acceptors (Lipinski definition) is 2. The molecule has 1 atom stereocenters. The molecule has 0 aliphatic rings. The zero-order valence-corrected chi connectivity index (χ0v) is 8.61. The Labute approximate surface area is 84.9 Å². The molecule has 0 aromatic carbocycles. The van der Waals surface area contributed by atoms with Gasteiger partial charge in [0.25, 0.3) is 0 Å². The molecular weight excluding hydrogens is 246 g/mol. The summed E-state index contributed by atoms with van der Waals surface area (Å²) >= 11 is 3.17. The fraction of sp³-hybridized carbons (Fsp3) is 0.286. The summed E-state index contributed by atoms with van der Waals surface area (Å²) in [4.78, 5) is 3.90. The van der Waals surface area contributed by atoms with E-state index in [4.69, 9.17) is 5.73 Å². The van der Waals surface area contributed by atoms with Crippen molar-refractivity contribution < 1.29 is 4.39 Å². The van der Waals surface area contributed by atoms with Gasteiger partial charge in [-0.1, -0.05) is 0 Å². The fourth-order valence-electron chi connectivity index (χ4n) is 0.737. The lowest BCUT2D eigenvalue weighted by Gasteiger charge is -2.05. The Hall–Kier alpha value is -0.190. The molecule has 2 nitrogen and oxygen atoms in total. The molecule has 5 heteroatoms. The molecule has 1 heterocycles. The van der Waals surface area contributed by atoms with Crippen molar-refractivity contribution in [2.24, 2.45) is 5.73 Å². The molecule has 1 aromatic heterocycles. The summed E-state index contributed by atoms with van der Waals surface area (Å²) in [6.07, 6.45) is 1.59. The van der Waals surface area contributed by atoms with E-state index < -0.39 is 12.7 Å². The highest BCUT2D eigenvalue weighted by molar-refractivity contribution is 9.10. The highest BCUT2D eigenvalue weighted by Gasteiger charge is 2.04. The number of hydrogen-bond donors (Lipinski definition) is 1. The first-order chi connectivity index (χ1) is 5.24. The highest BCUT2D eigenvalue weighted by atomic mass is 79.9. The van der Waals surface area contributed by atoms with Crippen LogP contribution in [0.25, 0.3) is 0 Å². The van der Waals surface area contributed by atoms with E-state index >= 15 is 0 Å². The summed E-state index contributed by atoms with van der Waals surface area (Å²) in [6.45, 7) is -0.545. The molecule has 0 unspecified atom stereocenters. The minimum Gasteiger partial charge on any atom is -0.322 e. The standard InChI is InChI=1S/C7H8BrFN2.ClH/c8-7-3-5(1-2-11-7)6(10)4-9;/h1-3,6H,4,10H2;1H/t6-;/m1./s1. The van der Waals surface area contributed by atoms with E-state index in [0.717, 1.165) is 5.56 Å². The first-order valence-electron chi connectivity index (χ1n) is 3.17. The maximum absolute atomic E-state index is 12.0. The number of aromatic nitrogens is 1. The smallest absolute Gasteiger partial charge is 0.109 e. The Morgan fingerprint density at radius 3 is 2.83 bits per heavy atom. The molecule has 0 aliphatic heterocycles. The van der Waals surface area contributed by atoms with Crippen LogP contribution in [-0.4, -0.2) is 11.7 Å². The van der Waals surface area contributed by atoms with E-state index in [1.807, 2.05) is 0 Å². The van der Waals surface area contributed by atoms with E-state index in [0.29, 0.717) is 4.60 Å². The van der Waals surface area contributed by atoms with Crippen molar-refractivity contribution in [3.8, 4) is 0 Å². The minimum atomic E-state index is -0.545. The third kappa shape index (κ3) is 3.05. The zero-order valence-electron chi connectivity index (χ0n) is 6.21. The lowest BCUT2D eigenvalue weighted by molar-refractivity contribution is 0.437. The number of alkyl halides is 1. The Balaban J connectivity index is 0.00000121. The molecule has 0 spiro atoms. The van der Waals surface area contributed by atoms with E-state index in [1.54, 1.807) is 18.3 Å². The van der Waals surface area contributed by atoms with Crippen LogP contribution in [0.15, 0.2) is 22.9 Å². The molecule has 0 saturated heterocycles. The van der Waals surface area contributed by atoms with Crippen LogP contribution >= 0.6 is 28.3 Å². The van der Waals surface area contributed by atoms with Crippen LogP contribution < -0.4 is 5.73 Å². The predicted octanol–water partition coefficient (Wildman–Crippen LogP) is 2.24. The SMILES string of the molecule is Cl.N[C@H](CF)c1ccnc(Br)c1.